The van der Waals surface area contributed by atoms with Crippen molar-refractivity contribution in [3.63, 3.8) is 0 Å². The van der Waals surface area contributed by atoms with Crippen LogP contribution in [0, 0.1) is 6.92 Å². The topological polar surface area (TPSA) is 103 Å². The van der Waals surface area contributed by atoms with Gasteiger partial charge in [0, 0.05) is 16.1 Å². The van der Waals surface area contributed by atoms with Crippen LogP contribution in [0.1, 0.15) is 32.4 Å². The van der Waals surface area contributed by atoms with Gasteiger partial charge in [-0.2, -0.15) is 9.78 Å². The van der Waals surface area contributed by atoms with E-state index in [1.165, 1.54) is 23.6 Å². The number of fused-ring (bicyclic) bond motifs is 1. The maximum absolute atomic E-state index is 13.0. The molecule has 0 saturated heterocycles. The molecule has 9 heteroatoms. The minimum Gasteiger partial charge on any atom is -0.504 e. The second-order valence-electron chi connectivity index (χ2n) is 6.43. The van der Waals surface area contributed by atoms with E-state index in [0.29, 0.717) is 33.0 Å². The van der Waals surface area contributed by atoms with E-state index in [1.807, 2.05) is 6.92 Å². The summed E-state index contributed by atoms with van der Waals surface area (Å²) in [5.41, 5.74) is 8.83. The monoisotopic (exact) mass is 428 g/mol. The molecule has 148 valence electrons. The summed E-state index contributed by atoms with van der Waals surface area (Å²) in [5, 5.41) is 15.0. The van der Waals surface area contributed by atoms with Crippen LogP contribution in [0.3, 0.4) is 0 Å². The Labute approximate surface area is 176 Å². The third-order valence-corrected chi connectivity index (χ3v) is 5.92. The normalized spacial score (nSPS) is 15.6. The number of phenols is 1. The van der Waals surface area contributed by atoms with Gasteiger partial charge in [0.1, 0.15) is 0 Å². The molecule has 0 amide bonds. The number of aryl methyl sites for hydroxylation is 1. The molecule has 1 aromatic heterocycles. The number of phenolic OH excluding ortho intramolecular Hbond substituents is 1. The lowest BCUT2D eigenvalue weighted by molar-refractivity contribution is 0.0947. The zero-order valence-electron chi connectivity index (χ0n) is 15.6. The van der Waals surface area contributed by atoms with Gasteiger partial charge >= 0.3 is 0 Å². The van der Waals surface area contributed by atoms with E-state index >= 15 is 0 Å². The van der Waals surface area contributed by atoms with Gasteiger partial charge in [-0.1, -0.05) is 29.4 Å². The van der Waals surface area contributed by atoms with Crippen LogP contribution < -0.4 is 10.5 Å². The molecule has 0 fully saturated rings. The first-order chi connectivity index (χ1) is 13.9. The molecule has 0 unspecified atom stereocenters. The van der Waals surface area contributed by atoms with Crippen molar-refractivity contribution in [2.75, 3.05) is 7.11 Å². The van der Waals surface area contributed by atoms with Gasteiger partial charge in [-0.05, 0) is 48.9 Å². The van der Waals surface area contributed by atoms with Crippen molar-refractivity contribution in [3.05, 3.63) is 69.9 Å². The van der Waals surface area contributed by atoms with Crippen LogP contribution in [0.2, 0.25) is 5.02 Å². The summed E-state index contributed by atoms with van der Waals surface area (Å²) in [6.45, 7) is 1.83. The van der Waals surface area contributed by atoms with Crippen LogP contribution in [-0.2, 0) is 0 Å². The smallest absolute Gasteiger partial charge is 0.280 e. The number of hydrogen-bond donors (Lipinski definition) is 2. The summed E-state index contributed by atoms with van der Waals surface area (Å²) in [6, 6.07) is 11.7. The average molecular weight is 429 g/mol. The van der Waals surface area contributed by atoms with E-state index in [0.717, 1.165) is 11.1 Å². The van der Waals surface area contributed by atoms with Gasteiger partial charge in [0.15, 0.2) is 22.5 Å². The molecule has 1 atom stereocenters. The number of hydrogen-bond acceptors (Lipinski definition) is 7. The second-order valence-corrected chi connectivity index (χ2v) is 7.99. The van der Waals surface area contributed by atoms with Crippen molar-refractivity contribution >= 4 is 40.3 Å². The van der Waals surface area contributed by atoms with Crippen molar-refractivity contribution in [3.8, 4) is 11.5 Å². The highest BCUT2D eigenvalue weighted by atomic mass is 35.5. The molecule has 1 aliphatic rings. The van der Waals surface area contributed by atoms with Crippen molar-refractivity contribution < 1.29 is 14.6 Å². The first kappa shape index (κ1) is 19.4. The Morgan fingerprint density at radius 2 is 2.00 bits per heavy atom. The predicted molar refractivity (Wildman–Crippen MR) is 114 cm³/mol. The lowest BCUT2D eigenvalue weighted by Gasteiger charge is -2.22. The molecule has 2 aromatic carbocycles. The maximum atomic E-state index is 13.0. The Hall–Kier alpha value is -2.97. The number of aromatic nitrogens is 2. The number of nitrogens with zero attached hydrogens (tertiary/aromatic N) is 3. The molecule has 0 aliphatic carbocycles. The van der Waals surface area contributed by atoms with Crippen molar-refractivity contribution in [1.29, 1.82) is 0 Å². The van der Waals surface area contributed by atoms with Gasteiger partial charge in [0.2, 0.25) is 0 Å². The number of nitrogens with two attached hydrogens (primary N) is 1. The zero-order valence-corrected chi connectivity index (χ0v) is 17.2. The van der Waals surface area contributed by atoms with Gasteiger partial charge in [0.05, 0.1) is 18.1 Å². The molecule has 4 rings (SSSR count). The summed E-state index contributed by atoms with van der Waals surface area (Å²) in [5.74, 6) is 0.476. The van der Waals surface area contributed by atoms with Crippen LogP contribution in [0.4, 0.5) is 5.82 Å². The van der Waals surface area contributed by atoms with E-state index in [-0.39, 0.29) is 16.9 Å². The summed E-state index contributed by atoms with van der Waals surface area (Å²) in [4.78, 5) is 17.4. The average Bonchev–Trinajstić information content (AvgIpc) is 3.04. The Bertz CT molecular complexity index is 1140. The Morgan fingerprint density at radius 3 is 2.69 bits per heavy atom. The lowest BCUT2D eigenvalue weighted by atomic mass is 10.0. The van der Waals surface area contributed by atoms with Crippen LogP contribution in [-0.4, -0.2) is 33.1 Å². The van der Waals surface area contributed by atoms with Crippen LogP contribution >= 0.6 is 23.4 Å². The van der Waals surface area contributed by atoms with Crippen LogP contribution in [0.5, 0.6) is 11.5 Å². The fourth-order valence-electron chi connectivity index (χ4n) is 3.20. The van der Waals surface area contributed by atoms with E-state index in [9.17, 15) is 9.90 Å². The number of methoxy groups -OCH3 is 1. The number of amidine groups is 1. The number of thioether (sulfide) groups is 1. The first-order valence-corrected chi connectivity index (χ1v) is 9.92. The fourth-order valence-corrected chi connectivity index (χ4v) is 4.38. The van der Waals surface area contributed by atoms with E-state index in [1.54, 1.807) is 42.5 Å². The zero-order chi connectivity index (χ0) is 20.7. The molecule has 29 heavy (non-hydrogen) atoms. The third-order valence-electron chi connectivity index (χ3n) is 4.59. The third kappa shape index (κ3) is 3.45. The first-order valence-electron chi connectivity index (χ1n) is 8.66. The van der Waals surface area contributed by atoms with Gasteiger partial charge in [-0.15, -0.1) is 0 Å². The number of carbonyl (C=O) groups is 1. The number of carbonyl (C=O) groups excluding carboxylic acids is 1. The molecule has 0 spiro atoms. The molecule has 3 N–H and O–H groups in total. The Kier molecular flexibility index (Phi) is 4.97. The summed E-state index contributed by atoms with van der Waals surface area (Å²) in [6.07, 6.45) is 0. The highest BCUT2D eigenvalue weighted by Crippen LogP contribution is 2.47. The van der Waals surface area contributed by atoms with E-state index in [4.69, 9.17) is 22.1 Å². The molecule has 0 saturated carbocycles. The lowest BCUT2D eigenvalue weighted by Crippen LogP contribution is -2.18. The van der Waals surface area contributed by atoms with Crippen molar-refractivity contribution in [2.45, 2.75) is 12.2 Å². The highest BCUT2D eigenvalue weighted by molar-refractivity contribution is 8.14. The standard InChI is InChI=1S/C20H17ClN4O3S/c1-10-16-17(12-5-8-14(26)15(9-12)28-2)29-20(22)23-18(16)25(24-10)19(27)11-3-6-13(21)7-4-11/h3-9,17,26H,1-2H3,(H2,22,23)/t17-/m1/s1. The number of ether oxygens (including phenoxy) is 1. The molecular weight excluding hydrogens is 412 g/mol. The minimum absolute atomic E-state index is 0.0456. The van der Waals surface area contributed by atoms with Crippen LogP contribution in [0.25, 0.3) is 0 Å². The van der Waals surface area contributed by atoms with E-state index in [2.05, 4.69) is 10.1 Å². The molecule has 1 aliphatic heterocycles. The molecule has 2 heterocycles. The molecule has 3 aromatic rings. The largest absolute Gasteiger partial charge is 0.504 e. The highest BCUT2D eigenvalue weighted by Gasteiger charge is 2.32. The van der Waals surface area contributed by atoms with Gasteiger partial charge in [-0.25, -0.2) is 4.99 Å². The maximum Gasteiger partial charge on any atom is 0.280 e. The fraction of sp³-hybridized carbons (Fsp3) is 0.150. The summed E-state index contributed by atoms with van der Waals surface area (Å²) in [7, 11) is 1.49. The number of rotatable bonds is 3. The van der Waals surface area contributed by atoms with Crippen molar-refractivity contribution in [2.24, 2.45) is 10.7 Å². The number of benzene rings is 2. The van der Waals surface area contributed by atoms with Gasteiger partial charge < -0.3 is 15.6 Å². The minimum atomic E-state index is -0.323. The molecule has 0 bridgehead atoms. The number of aromatic hydroxyl groups is 1. The van der Waals surface area contributed by atoms with Crippen LogP contribution in [0.15, 0.2) is 47.5 Å². The predicted octanol–water partition coefficient (Wildman–Crippen LogP) is 4.03. The Balaban J connectivity index is 1.82. The quantitative estimate of drug-likeness (QED) is 0.652. The molecule has 0 radical (unpaired) electrons. The van der Waals surface area contributed by atoms with E-state index < -0.39 is 0 Å². The number of halogens is 1. The molecular formula is C20H17ClN4O3S. The van der Waals surface area contributed by atoms with Crippen molar-refractivity contribution in [1.82, 2.24) is 9.78 Å². The summed E-state index contributed by atoms with van der Waals surface area (Å²) >= 11 is 7.27. The molecule has 7 nitrogen and oxygen atoms in total. The summed E-state index contributed by atoms with van der Waals surface area (Å²) < 4.78 is 6.49. The SMILES string of the molecule is COc1cc([C@H]2SC(N)=Nc3c2c(C)nn3C(=O)c2ccc(Cl)cc2)ccc1O. The Morgan fingerprint density at radius 1 is 1.28 bits per heavy atom. The van der Waals surface area contributed by atoms with Gasteiger partial charge in [-0.3, -0.25) is 4.79 Å². The second kappa shape index (κ2) is 7.46. The number of aliphatic imine (C=N–C) groups is 1. The van der Waals surface area contributed by atoms with Gasteiger partial charge in [0.25, 0.3) is 5.91 Å².